The molecule has 1 aliphatic heterocycles. The van der Waals surface area contributed by atoms with Crippen LogP contribution < -0.4 is 0 Å². The maximum Gasteiger partial charge on any atom is 0.313 e. The zero-order valence-electron chi connectivity index (χ0n) is 12.7. The number of benzene rings is 1. The summed E-state index contributed by atoms with van der Waals surface area (Å²) in [7, 11) is 3.49. The van der Waals surface area contributed by atoms with Crippen LogP contribution in [-0.2, 0) is 16.0 Å². The lowest BCUT2D eigenvalue weighted by molar-refractivity contribution is -0.144. The van der Waals surface area contributed by atoms with E-state index in [1.165, 1.54) is 18.1 Å². The Morgan fingerprint density at radius 2 is 2.27 bits per heavy atom. The van der Waals surface area contributed by atoms with Gasteiger partial charge in [-0.3, -0.25) is 9.69 Å². The fourth-order valence-electron chi connectivity index (χ4n) is 3.04. The highest BCUT2D eigenvalue weighted by Crippen LogP contribution is 2.29. The molecule has 1 aliphatic rings. The summed E-state index contributed by atoms with van der Waals surface area (Å²) in [5, 5.41) is 1.24. The Morgan fingerprint density at radius 1 is 1.45 bits per heavy atom. The zero-order valence-corrected chi connectivity index (χ0v) is 14.3. The number of methoxy groups -OCH3 is 1. The fourth-order valence-corrected chi connectivity index (χ4v) is 3.66. The van der Waals surface area contributed by atoms with Gasteiger partial charge in [0, 0.05) is 34.2 Å². The van der Waals surface area contributed by atoms with Gasteiger partial charge < -0.3 is 9.72 Å². The van der Waals surface area contributed by atoms with Gasteiger partial charge in [0.2, 0.25) is 0 Å². The Bertz CT molecular complexity index is 723. The largest absolute Gasteiger partial charge is 0.469 e. The molecule has 0 radical (unpaired) electrons. The molecule has 2 aromatic rings. The molecular weight excluding hydrogens is 344 g/mol. The fraction of sp³-hybridized carbons (Fsp3) is 0.353. The molecule has 0 amide bonds. The van der Waals surface area contributed by atoms with Crippen molar-refractivity contribution in [3.63, 3.8) is 0 Å². The lowest BCUT2D eigenvalue weighted by Crippen LogP contribution is -2.41. The van der Waals surface area contributed by atoms with Gasteiger partial charge in [-0.15, -0.1) is 0 Å². The predicted molar refractivity (Wildman–Crippen MR) is 90.8 cm³/mol. The molecule has 0 saturated carbocycles. The van der Waals surface area contributed by atoms with E-state index in [-0.39, 0.29) is 17.9 Å². The van der Waals surface area contributed by atoms with Crippen molar-refractivity contribution < 1.29 is 9.53 Å². The number of fused-ring (bicyclic) bond motifs is 1. The number of esters is 1. The first-order chi connectivity index (χ1) is 10.6. The van der Waals surface area contributed by atoms with Crippen LogP contribution >= 0.6 is 15.9 Å². The van der Waals surface area contributed by atoms with Crippen LogP contribution in [0.3, 0.4) is 0 Å². The summed E-state index contributed by atoms with van der Waals surface area (Å²) in [6.45, 7) is 0.692. The zero-order chi connectivity index (χ0) is 15.7. The van der Waals surface area contributed by atoms with Gasteiger partial charge in [-0.25, -0.2) is 0 Å². The molecule has 0 aliphatic carbocycles. The first-order valence-electron chi connectivity index (χ1n) is 7.31. The minimum Gasteiger partial charge on any atom is -0.469 e. The Hall–Kier alpha value is -1.59. The van der Waals surface area contributed by atoms with Crippen molar-refractivity contribution in [1.82, 2.24) is 9.88 Å². The second kappa shape index (κ2) is 6.26. The summed E-state index contributed by atoms with van der Waals surface area (Å²) >= 11 is 3.63. The topological polar surface area (TPSA) is 45.3 Å². The molecule has 5 heteroatoms. The smallest absolute Gasteiger partial charge is 0.313 e. The third-order valence-corrected chi connectivity index (χ3v) is 4.95. The Morgan fingerprint density at radius 3 is 3.00 bits per heavy atom. The number of carbonyl (C=O) groups excluding carboxylic acids is 1. The summed E-state index contributed by atoms with van der Waals surface area (Å²) in [5.74, 6) is -0.336. The van der Waals surface area contributed by atoms with E-state index in [0.29, 0.717) is 6.54 Å². The summed E-state index contributed by atoms with van der Waals surface area (Å²) in [6, 6.07) is 6.46. The second-order valence-electron chi connectivity index (χ2n) is 5.70. The quantitative estimate of drug-likeness (QED) is 0.673. The molecule has 0 saturated heterocycles. The third-order valence-electron chi connectivity index (χ3n) is 4.29. The van der Waals surface area contributed by atoms with Gasteiger partial charge in [0.15, 0.2) is 0 Å². The van der Waals surface area contributed by atoms with Crippen LogP contribution in [-0.4, -0.2) is 42.6 Å². The maximum absolute atomic E-state index is 11.6. The SMILES string of the molecule is COC(=O)C1C=CC(Cc2c[nH]c3cccc(Br)c23)N(C)C1. The van der Waals surface area contributed by atoms with Crippen LogP contribution in [0, 0.1) is 5.92 Å². The molecule has 0 spiro atoms. The van der Waals surface area contributed by atoms with Gasteiger partial charge >= 0.3 is 5.97 Å². The molecule has 116 valence electrons. The average Bonchev–Trinajstić information content (AvgIpc) is 2.93. The average molecular weight is 363 g/mol. The van der Waals surface area contributed by atoms with Crippen molar-refractivity contribution in [2.45, 2.75) is 12.5 Å². The number of hydrogen-bond acceptors (Lipinski definition) is 3. The monoisotopic (exact) mass is 362 g/mol. The van der Waals surface area contributed by atoms with Gasteiger partial charge in [-0.1, -0.05) is 34.1 Å². The highest BCUT2D eigenvalue weighted by Gasteiger charge is 2.26. The van der Waals surface area contributed by atoms with E-state index < -0.39 is 0 Å². The number of H-pyrrole nitrogens is 1. The number of carbonyl (C=O) groups is 1. The number of aromatic nitrogens is 1. The molecule has 4 nitrogen and oxygen atoms in total. The molecule has 2 unspecified atom stereocenters. The van der Waals surface area contributed by atoms with Gasteiger partial charge in [0.1, 0.15) is 0 Å². The Kier molecular flexibility index (Phi) is 4.36. The van der Waals surface area contributed by atoms with Crippen molar-refractivity contribution in [3.8, 4) is 0 Å². The van der Waals surface area contributed by atoms with Crippen LogP contribution in [0.25, 0.3) is 10.9 Å². The van der Waals surface area contributed by atoms with Gasteiger partial charge in [0.05, 0.1) is 13.0 Å². The van der Waals surface area contributed by atoms with E-state index in [0.717, 1.165) is 16.4 Å². The molecule has 1 aromatic carbocycles. The van der Waals surface area contributed by atoms with Gasteiger partial charge in [-0.2, -0.15) is 0 Å². The van der Waals surface area contributed by atoms with Crippen LogP contribution in [0.4, 0.5) is 0 Å². The highest BCUT2D eigenvalue weighted by molar-refractivity contribution is 9.10. The molecule has 1 aromatic heterocycles. The van der Waals surface area contributed by atoms with Crippen LogP contribution in [0.1, 0.15) is 5.56 Å². The standard InChI is InChI=1S/C17H19BrN2O2/c1-20-10-11(17(21)22-2)6-7-13(20)8-12-9-19-15-5-3-4-14(18)16(12)15/h3-7,9,11,13,19H,8,10H2,1-2H3. The molecule has 1 N–H and O–H groups in total. The number of nitrogens with one attached hydrogen (secondary N) is 1. The van der Waals surface area contributed by atoms with E-state index in [1.807, 2.05) is 19.2 Å². The minimum atomic E-state index is -0.170. The van der Waals surface area contributed by atoms with Gasteiger partial charge in [-0.05, 0) is 31.2 Å². The summed E-state index contributed by atoms with van der Waals surface area (Å²) in [4.78, 5) is 17.2. The first kappa shape index (κ1) is 15.3. The summed E-state index contributed by atoms with van der Waals surface area (Å²) < 4.78 is 5.93. The van der Waals surface area contributed by atoms with E-state index in [9.17, 15) is 4.79 Å². The Labute approximate surface area is 138 Å². The van der Waals surface area contributed by atoms with E-state index in [4.69, 9.17) is 4.74 Å². The molecule has 2 atom stereocenters. The predicted octanol–water partition coefficient (Wildman–Crippen LogP) is 3.13. The Balaban J connectivity index is 1.82. The molecule has 2 heterocycles. The van der Waals surface area contributed by atoms with E-state index in [1.54, 1.807) is 0 Å². The number of halogens is 1. The molecule has 22 heavy (non-hydrogen) atoms. The normalized spacial score (nSPS) is 22.1. The third kappa shape index (κ3) is 2.83. The number of nitrogens with zero attached hydrogens (tertiary/aromatic N) is 1. The van der Waals surface area contributed by atoms with E-state index in [2.05, 4.69) is 50.2 Å². The lowest BCUT2D eigenvalue weighted by Gasteiger charge is -2.31. The molecule has 0 bridgehead atoms. The number of likely N-dealkylation sites (N-methyl/N-ethyl adjacent to an activating group) is 1. The van der Waals surface area contributed by atoms with Crippen molar-refractivity contribution in [3.05, 3.63) is 46.6 Å². The maximum atomic E-state index is 11.6. The summed E-state index contributed by atoms with van der Waals surface area (Å²) in [6.07, 6.45) is 7.06. The van der Waals surface area contributed by atoms with Crippen LogP contribution in [0.2, 0.25) is 0 Å². The second-order valence-corrected chi connectivity index (χ2v) is 6.56. The summed E-state index contributed by atoms with van der Waals surface area (Å²) in [5.41, 5.74) is 2.42. The number of hydrogen-bond donors (Lipinski definition) is 1. The number of aromatic amines is 1. The molecule has 3 rings (SSSR count). The number of ether oxygens (including phenoxy) is 1. The van der Waals surface area contributed by atoms with Gasteiger partial charge in [0.25, 0.3) is 0 Å². The first-order valence-corrected chi connectivity index (χ1v) is 8.10. The molecule has 0 fully saturated rings. The van der Waals surface area contributed by atoms with Crippen molar-refractivity contribution in [2.24, 2.45) is 5.92 Å². The van der Waals surface area contributed by atoms with E-state index >= 15 is 0 Å². The lowest BCUT2D eigenvalue weighted by atomic mass is 9.96. The van der Waals surface area contributed by atoms with Crippen molar-refractivity contribution >= 4 is 32.8 Å². The van der Waals surface area contributed by atoms with Crippen LogP contribution in [0.5, 0.6) is 0 Å². The van der Waals surface area contributed by atoms with Crippen molar-refractivity contribution in [1.29, 1.82) is 0 Å². The van der Waals surface area contributed by atoms with Crippen LogP contribution in [0.15, 0.2) is 41.0 Å². The molecular formula is C17H19BrN2O2. The van der Waals surface area contributed by atoms with Crippen molar-refractivity contribution in [2.75, 3.05) is 20.7 Å². The number of rotatable bonds is 3. The minimum absolute atomic E-state index is 0.166. The highest BCUT2D eigenvalue weighted by atomic mass is 79.9.